The van der Waals surface area contributed by atoms with E-state index in [0.29, 0.717) is 13.0 Å². The highest BCUT2D eigenvalue weighted by atomic mass is 19.1. The molecule has 2 atom stereocenters. The van der Waals surface area contributed by atoms with Crippen molar-refractivity contribution >= 4 is 17.8 Å². The largest absolute Gasteiger partial charge is 0.339 e. The zero-order chi connectivity index (χ0) is 16.4. The Kier molecular flexibility index (Phi) is 4.27. The van der Waals surface area contributed by atoms with E-state index >= 15 is 0 Å². The summed E-state index contributed by atoms with van der Waals surface area (Å²) >= 11 is 0. The number of hydrogen-bond acceptors (Lipinski definition) is 3. The number of carbonyl (C=O) groups is 3. The molecule has 0 radical (unpaired) electrons. The molecule has 0 unspecified atom stereocenters. The Morgan fingerprint density at radius 1 is 1.35 bits per heavy atom. The van der Waals surface area contributed by atoms with Gasteiger partial charge in [-0.2, -0.15) is 0 Å². The summed E-state index contributed by atoms with van der Waals surface area (Å²) in [4.78, 5) is 36.8. The molecule has 0 aliphatic carbocycles. The number of nitrogens with one attached hydrogen (secondary N) is 2. The number of benzene rings is 1. The van der Waals surface area contributed by atoms with Gasteiger partial charge in [-0.1, -0.05) is 12.1 Å². The molecule has 2 aliphatic heterocycles. The van der Waals surface area contributed by atoms with Crippen molar-refractivity contribution in [1.82, 2.24) is 15.5 Å². The molecular formula is C16H18FN3O3. The van der Waals surface area contributed by atoms with E-state index in [-0.39, 0.29) is 24.2 Å². The Morgan fingerprint density at radius 2 is 2.17 bits per heavy atom. The number of hydrogen-bond donors (Lipinski definition) is 2. The summed E-state index contributed by atoms with van der Waals surface area (Å²) in [5, 5.41) is 4.55. The van der Waals surface area contributed by atoms with E-state index in [2.05, 4.69) is 10.6 Å². The second kappa shape index (κ2) is 6.36. The van der Waals surface area contributed by atoms with Crippen LogP contribution in [0.1, 0.15) is 24.8 Å². The van der Waals surface area contributed by atoms with Gasteiger partial charge in [-0.05, 0) is 37.0 Å². The molecule has 7 heteroatoms. The zero-order valence-corrected chi connectivity index (χ0v) is 12.5. The predicted molar refractivity (Wildman–Crippen MR) is 79.9 cm³/mol. The number of likely N-dealkylation sites (tertiary alicyclic amines) is 1. The molecule has 2 saturated heterocycles. The lowest BCUT2D eigenvalue weighted by Gasteiger charge is -2.25. The van der Waals surface area contributed by atoms with Crippen LogP contribution in [0.25, 0.3) is 0 Å². The van der Waals surface area contributed by atoms with Crippen molar-refractivity contribution in [2.75, 3.05) is 6.54 Å². The van der Waals surface area contributed by atoms with Crippen LogP contribution in [-0.2, 0) is 16.0 Å². The predicted octanol–water partition coefficient (Wildman–Crippen LogP) is 0.957. The monoisotopic (exact) mass is 319 g/mol. The second-order valence-electron chi connectivity index (χ2n) is 5.94. The Morgan fingerprint density at radius 3 is 2.87 bits per heavy atom. The van der Waals surface area contributed by atoms with Crippen LogP contribution in [0.5, 0.6) is 0 Å². The molecule has 23 heavy (non-hydrogen) atoms. The van der Waals surface area contributed by atoms with Crippen LogP contribution in [0.4, 0.5) is 9.18 Å². The van der Waals surface area contributed by atoms with Gasteiger partial charge in [0.15, 0.2) is 0 Å². The molecule has 0 aromatic heterocycles. The van der Waals surface area contributed by atoms with Crippen molar-refractivity contribution in [3.05, 3.63) is 35.6 Å². The van der Waals surface area contributed by atoms with Gasteiger partial charge in [-0.25, -0.2) is 9.18 Å². The van der Waals surface area contributed by atoms with E-state index in [4.69, 9.17) is 0 Å². The quantitative estimate of drug-likeness (QED) is 0.811. The first-order valence-electron chi connectivity index (χ1n) is 7.68. The van der Waals surface area contributed by atoms with Gasteiger partial charge in [-0.3, -0.25) is 14.9 Å². The second-order valence-corrected chi connectivity index (χ2v) is 5.94. The van der Waals surface area contributed by atoms with E-state index in [9.17, 15) is 18.8 Å². The summed E-state index contributed by atoms with van der Waals surface area (Å²) in [6, 6.07) is 5.01. The number of carbonyl (C=O) groups excluding carboxylic acids is 3. The molecule has 0 spiro atoms. The number of urea groups is 1. The maximum Gasteiger partial charge on any atom is 0.322 e. The summed E-state index contributed by atoms with van der Waals surface area (Å²) in [6.45, 7) is 0.626. The van der Waals surface area contributed by atoms with Gasteiger partial charge in [0, 0.05) is 12.6 Å². The van der Waals surface area contributed by atoms with Crippen molar-refractivity contribution in [2.24, 2.45) is 0 Å². The van der Waals surface area contributed by atoms with Gasteiger partial charge < -0.3 is 10.2 Å². The lowest BCUT2D eigenvalue weighted by Crippen LogP contribution is -2.41. The molecule has 3 rings (SSSR count). The van der Waals surface area contributed by atoms with Crippen LogP contribution < -0.4 is 10.6 Å². The molecule has 0 bridgehead atoms. The van der Waals surface area contributed by atoms with Crippen LogP contribution >= 0.6 is 0 Å². The lowest BCUT2D eigenvalue weighted by molar-refractivity contribution is -0.134. The lowest BCUT2D eigenvalue weighted by atomic mass is 10.0. The average Bonchev–Trinajstić information content (AvgIpc) is 3.06. The first-order valence-corrected chi connectivity index (χ1v) is 7.68. The molecule has 4 amide bonds. The van der Waals surface area contributed by atoms with E-state index in [1.165, 1.54) is 12.1 Å². The van der Waals surface area contributed by atoms with E-state index in [1.807, 2.05) is 6.07 Å². The standard InChI is InChI=1S/C16H18FN3O3/c17-11-4-1-3-10(7-11)8-12-5-2-6-20(12)14(21)9-13-15(22)19-16(23)18-13/h1,3-4,7,12-13H,2,5-6,8-9H2,(H2,18,19,22,23)/t12-,13+/m0/s1. The molecule has 0 saturated carbocycles. The van der Waals surface area contributed by atoms with E-state index in [0.717, 1.165) is 18.4 Å². The van der Waals surface area contributed by atoms with E-state index < -0.39 is 18.0 Å². The van der Waals surface area contributed by atoms with Gasteiger partial charge in [0.2, 0.25) is 5.91 Å². The van der Waals surface area contributed by atoms with E-state index in [1.54, 1.807) is 11.0 Å². The SMILES string of the molecule is O=C1NC(=O)[C@@H](CC(=O)N2CCC[C@H]2Cc2cccc(F)c2)N1. The van der Waals surface area contributed by atoms with Crippen LogP contribution in [0, 0.1) is 5.82 Å². The first kappa shape index (κ1) is 15.5. The summed E-state index contributed by atoms with van der Waals surface area (Å²) in [6.07, 6.45) is 2.28. The third-order valence-corrected chi connectivity index (χ3v) is 4.30. The molecular weight excluding hydrogens is 301 g/mol. The molecule has 2 N–H and O–H groups in total. The van der Waals surface area contributed by atoms with Gasteiger partial charge in [0.05, 0.1) is 6.42 Å². The van der Waals surface area contributed by atoms with Crippen LogP contribution in [0.15, 0.2) is 24.3 Å². The van der Waals surface area contributed by atoms with Gasteiger partial charge in [0.25, 0.3) is 5.91 Å². The summed E-state index contributed by atoms with van der Waals surface area (Å²) in [7, 11) is 0. The molecule has 122 valence electrons. The minimum atomic E-state index is -0.801. The molecule has 1 aromatic carbocycles. The number of nitrogens with zero attached hydrogens (tertiary/aromatic N) is 1. The van der Waals surface area contributed by atoms with Gasteiger partial charge >= 0.3 is 6.03 Å². The third kappa shape index (κ3) is 3.49. The highest BCUT2D eigenvalue weighted by Gasteiger charge is 2.35. The van der Waals surface area contributed by atoms with Gasteiger partial charge in [0.1, 0.15) is 11.9 Å². The van der Waals surface area contributed by atoms with Crippen molar-refractivity contribution < 1.29 is 18.8 Å². The number of rotatable bonds is 4. The van der Waals surface area contributed by atoms with Crippen molar-refractivity contribution in [1.29, 1.82) is 0 Å². The molecule has 2 aliphatic rings. The molecule has 2 fully saturated rings. The summed E-state index contributed by atoms with van der Waals surface area (Å²) in [5.74, 6) is -0.917. The van der Waals surface area contributed by atoms with Crippen molar-refractivity contribution in [3.8, 4) is 0 Å². The maximum atomic E-state index is 13.3. The summed E-state index contributed by atoms with van der Waals surface area (Å²) < 4.78 is 13.3. The zero-order valence-electron chi connectivity index (χ0n) is 12.5. The summed E-state index contributed by atoms with van der Waals surface area (Å²) in [5.41, 5.74) is 0.849. The van der Waals surface area contributed by atoms with Crippen molar-refractivity contribution in [2.45, 2.75) is 37.8 Å². The highest BCUT2D eigenvalue weighted by molar-refractivity contribution is 6.05. The normalized spacial score (nSPS) is 23.8. The fraction of sp³-hybridized carbons (Fsp3) is 0.438. The highest BCUT2D eigenvalue weighted by Crippen LogP contribution is 2.23. The third-order valence-electron chi connectivity index (χ3n) is 4.30. The Bertz CT molecular complexity index is 649. The Hall–Kier alpha value is -2.44. The smallest absolute Gasteiger partial charge is 0.322 e. The first-order chi connectivity index (χ1) is 11.0. The topological polar surface area (TPSA) is 78.5 Å². The minimum Gasteiger partial charge on any atom is -0.339 e. The van der Waals surface area contributed by atoms with Crippen LogP contribution in [0.3, 0.4) is 0 Å². The Labute approximate surface area is 133 Å². The fourth-order valence-corrected chi connectivity index (χ4v) is 3.21. The fourth-order valence-electron chi connectivity index (χ4n) is 3.21. The Balaban J connectivity index is 1.63. The van der Waals surface area contributed by atoms with Crippen LogP contribution in [-0.4, -0.2) is 41.4 Å². The number of amides is 4. The molecule has 1 aromatic rings. The van der Waals surface area contributed by atoms with Gasteiger partial charge in [-0.15, -0.1) is 0 Å². The molecule has 2 heterocycles. The number of halogens is 1. The van der Waals surface area contributed by atoms with Crippen LogP contribution in [0.2, 0.25) is 0 Å². The molecule has 6 nitrogen and oxygen atoms in total. The number of imide groups is 1. The average molecular weight is 319 g/mol. The maximum absolute atomic E-state index is 13.3. The minimum absolute atomic E-state index is 0.00414. The van der Waals surface area contributed by atoms with Crippen molar-refractivity contribution in [3.63, 3.8) is 0 Å².